The Balaban J connectivity index is 1.58. The number of ketones is 1. The zero-order valence-electron chi connectivity index (χ0n) is 22.4. The molecule has 1 aliphatic rings. The van der Waals surface area contributed by atoms with Crippen molar-refractivity contribution in [2.45, 2.75) is 23.1 Å². The number of ether oxygens (including phenoxy) is 2. The third kappa shape index (κ3) is 5.90. The van der Waals surface area contributed by atoms with Crippen molar-refractivity contribution < 1.29 is 28.6 Å². The highest BCUT2D eigenvalue weighted by Crippen LogP contribution is 2.45. The van der Waals surface area contributed by atoms with E-state index < -0.39 is 17.7 Å². The molecule has 1 fully saturated rings. The quantitative estimate of drug-likeness (QED) is 0.0554. The predicted octanol–water partition coefficient (Wildman–Crippen LogP) is 5.95. The normalized spacial score (nSPS) is 16.0. The minimum absolute atomic E-state index is 0.121. The number of nitrogens with zero attached hydrogens (tertiary/aromatic N) is 4. The van der Waals surface area contributed by atoms with E-state index in [2.05, 4.69) is 21.8 Å². The Morgan fingerprint density at radius 3 is 2.64 bits per heavy atom. The lowest BCUT2D eigenvalue weighted by atomic mass is 9.95. The molecule has 0 radical (unpaired) electrons. The number of aliphatic hydroxyl groups excluding tert-OH is 1. The smallest absolute Gasteiger partial charge is 0.301 e. The van der Waals surface area contributed by atoms with E-state index in [4.69, 9.17) is 9.47 Å². The van der Waals surface area contributed by atoms with E-state index in [1.807, 2.05) is 6.92 Å². The number of halogens is 1. The summed E-state index contributed by atoms with van der Waals surface area (Å²) in [6.07, 6.45) is 4.55. The summed E-state index contributed by atoms with van der Waals surface area (Å²) in [5.74, 6) is -1.29. The summed E-state index contributed by atoms with van der Waals surface area (Å²) < 4.78 is 26.1. The third-order valence-corrected chi connectivity index (χ3v) is 8.35. The Kier molecular flexibility index (Phi) is 8.94. The van der Waals surface area contributed by atoms with Gasteiger partial charge in [-0.05, 0) is 48.4 Å². The van der Waals surface area contributed by atoms with Gasteiger partial charge in [-0.2, -0.15) is 0 Å². The molecule has 1 saturated heterocycles. The van der Waals surface area contributed by atoms with E-state index in [-0.39, 0.29) is 28.9 Å². The zero-order valence-corrected chi connectivity index (χ0v) is 24.0. The first-order valence-corrected chi connectivity index (χ1v) is 14.6. The summed E-state index contributed by atoms with van der Waals surface area (Å²) in [4.78, 5) is 32.2. The average Bonchev–Trinajstić information content (AvgIpc) is 3.58. The Labute approximate surface area is 249 Å². The van der Waals surface area contributed by atoms with Gasteiger partial charge in [0.05, 0.1) is 18.2 Å². The molecule has 0 aliphatic carbocycles. The highest BCUT2D eigenvalue weighted by Gasteiger charge is 2.48. The van der Waals surface area contributed by atoms with Crippen LogP contribution >= 0.6 is 23.1 Å². The summed E-state index contributed by atoms with van der Waals surface area (Å²) in [5, 5.41) is 19.8. The van der Waals surface area contributed by atoms with Crippen molar-refractivity contribution in [2.24, 2.45) is 0 Å². The molecule has 2 aromatic heterocycles. The first-order chi connectivity index (χ1) is 20.4. The lowest BCUT2D eigenvalue weighted by molar-refractivity contribution is -0.132. The minimum Gasteiger partial charge on any atom is -0.507 e. The number of hydrogen-bond donors (Lipinski definition) is 1. The van der Waals surface area contributed by atoms with Crippen LogP contribution in [0.5, 0.6) is 11.5 Å². The van der Waals surface area contributed by atoms with Crippen LogP contribution in [0.25, 0.3) is 5.76 Å². The highest BCUT2D eigenvalue weighted by molar-refractivity contribution is 8.00. The van der Waals surface area contributed by atoms with Gasteiger partial charge in [0.1, 0.15) is 18.2 Å². The van der Waals surface area contributed by atoms with Gasteiger partial charge in [0.25, 0.3) is 5.78 Å². The fourth-order valence-corrected chi connectivity index (χ4v) is 6.21. The van der Waals surface area contributed by atoms with Gasteiger partial charge in [-0.3, -0.25) is 19.5 Å². The van der Waals surface area contributed by atoms with E-state index >= 15 is 0 Å². The van der Waals surface area contributed by atoms with Crippen LogP contribution in [0.1, 0.15) is 29.7 Å². The fourth-order valence-electron chi connectivity index (χ4n) is 4.35. The van der Waals surface area contributed by atoms with Gasteiger partial charge in [-0.15, -0.1) is 10.2 Å². The number of aromatic nitrogens is 3. The molecule has 12 heteroatoms. The lowest BCUT2D eigenvalue weighted by Gasteiger charge is -2.23. The molecule has 1 aliphatic heterocycles. The number of Topliss-reactive ketones (excluding diaryl/α,β-unsaturated/α-hetero) is 1. The number of pyridine rings is 1. The van der Waals surface area contributed by atoms with Gasteiger partial charge in [0.2, 0.25) is 5.13 Å². The minimum atomic E-state index is -1.05. The number of carbonyl (C=O) groups is 2. The van der Waals surface area contributed by atoms with Gasteiger partial charge in [-0.1, -0.05) is 60.0 Å². The molecule has 9 nitrogen and oxygen atoms in total. The molecule has 1 N–H and O–H groups in total. The van der Waals surface area contributed by atoms with Crippen molar-refractivity contribution in [2.75, 3.05) is 18.1 Å². The Hall–Kier alpha value is -4.55. The van der Waals surface area contributed by atoms with Gasteiger partial charge < -0.3 is 14.6 Å². The first-order valence-electron chi connectivity index (χ1n) is 12.8. The van der Waals surface area contributed by atoms with E-state index in [0.717, 1.165) is 11.3 Å². The van der Waals surface area contributed by atoms with Crippen LogP contribution in [0.4, 0.5) is 9.52 Å². The molecule has 4 aromatic rings. The second-order valence-electron chi connectivity index (χ2n) is 8.87. The molecular formula is C30H25FN4O5S2. The number of hydrogen-bond acceptors (Lipinski definition) is 10. The molecule has 0 saturated carbocycles. The Morgan fingerprint density at radius 1 is 1.12 bits per heavy atom. The molecule has 3 heterocycles. The van der Waals surface area contributed by atoms with Gasteiger partial charge in [0.15, 0.2) is 15.8 Å². The summed E-state index contributed by atoms with van der Waals surface area (Å²) in [6, 6.07) is 13.5. The van der Waals surface area contributed by atoms with Crippen LogP contribution in [0.15, 0.2) is 89.6 Å². The molecular weight excluding hydrogens is 579 g/mol. The zero-order chi connectivity index (χ0) is 29.6. The van der Waals surface area contributed by atoms with E-state index in [0.29, 0.717) is 44.9 Å². The Morgan fingerprint density at radius 2 is 1.90 bits per heavy atom. The summed E-state index contributed by atoms with van der Waals surface area (Å²) in [6.45, 7) is 6.08. The van der Waals surface area contributed by atoms with Crippen LogP contribution in [0.2, 0.25) is 0 Å². The van der Waals surface area contributed by atoms with Crippen molar-refractivity contribution >= 4 is 45.7 Å². The van der Waals surface area contributed by atoms with Crippen molar-refractivity contribution in [3.8, 4) is 11.5 Å². The molecule has 1 unspecified atom stereocenters. The van der Waals surface area contributed by atoms with Crippen LogP contribution in [0, 0.1) is 5.82 Å². The molecule has 214 valence electrons. The van der Waals surface area contributed by atoms with Crippen LogP contribution in [-0.2, 0) is 15.3 Å². The lowest BCUT2D eigenvalue weighted by Crippen LogP contribution is -2.29. The number of thioether (sulfide) groups is 1. The highest BCUT2D eigenvalue weighted by atomic mass is 32.2. The maximum atomic E-state index is 14.1. The van der Waals surface area contributed by atoms with E-state index in [9.17, 15) is 19.1 Å². The molecule has 0 bridgehead atoms. The van der Waals surface area contributed by atoms with E-state index in [1.165, 1.54) is 35.1 Å². The largest absolute Gasteiger partial charge is 0.507 e. The fraction of sp³-hybridized carbons (Fsp3) is 0.167. The van der Waals surface area contributed by atoms with Gasteiger partial charge in [0, 0.05) is 23.7 Å². The molecule has 42 heavy (non-hydrogen) atoms. The third-order valence-electron chi connectivity index (χ3n) is 6.25. The SMILES string of the molecule is C=CCOc1ccc(C2/C(=C(\O)c3ccncc3)C(=O)C(=O)N2c2nnc(SCc3ccccc3F)s2)cc1OCC. The van der Waals surface area contributed by atoms with Crippen LogP contribution in [0.3, 0.4) is 0 Å². The molecule has 2 aromatic carbocycles. The number of carbonyl (C=O) groups excluding carboxylic acids is 2. The number of anilines is 1. The summed E-state index contributed by atoms with van der Waals surface area (Å²) in [5.41, 5.74) is 1.18. The van der Waals surface area contributed by atoms with Crippen molar-refractivity contribution in [1.29, 1.82) is 0 Å². The average molecular weight is 605 g/mol. The second-order valence-corrected chi connectivity index (χ2v) is 11.1. The predicted molar refractivity (Wildman–Crippen MR) is 158 cm³/mol. The van der Waals surface area contributed by atoms with Crippen LogP contribution in [-0.4, -0.2) is 45.2 Å². The van der Waals surface area contributed by atoms with E-state index in [1.54, 1.807) is 54.6 Å². The molecule has 5 rings (SSSR count). The van der Waals surface area contributed by atoms with Crippen molar-refractivity contribution in [3.63, 3.8) is 0 Å². The standard InChI is InChI=1S/C30H25FN4O5S2/c1-3-15-40-22-10-9-19(16-23(22)39-4-2)25-24(26(36)18-11-13-32-14-12-18)27(37)28(38)35(25)29-33-34-30(42-29)41-17-20-7-5-6-8-21(20)31/h3,5-14,16,25,36H,1,4,15,17H2,2H3/b26-24+. The molecule has 1 atom stereocenters. The molecule has 1 amide bonds. The summed E-state index contributed by atoms with van der Waals surface area (Å²) in [7, 11) is 0. The van der Waals surface area contributed by atoms with Gasteiger partial charge in [-0.25, -0.2) is 4.39 Å². The number of aliphatic hydroxyl groups is 1. The van der Waals surface area contributed by atoms with Crippen molar-refractivity contribution in [1.82, 2.24) is 15.2 Å². The number of amides is 1. The second kappa shape index (κ2) is 13.0. The number of rotatable bonds is 11. The Bertz CT molecular complexity index is 1660. The molecule has 0 spiro atoms. The monoisotopic (exact) mass is 604 g/mol. The summed E-state index contributed by atoms with van der Waals surface area (Å²) >= 11 is 2.35. The van der Waals surface area contributed by atoms with Crippen molar-refractivity contribution in [3.05, 3.63) is 108 Å². The first kappa shape index (κ1) is 29.0. The van der Waals surface area contributed by atoms with Gasteiger partial charge >= 0.3 is 5.91 Å². The maximum absolute atomic E-state index is 14.1. The topological polar surface area (TPSA) is 115 Å². The number of benzene rings is 2. The van der Waals surface area contributed by atoms with Crippen LogP contribution < -0.4 is 14.4 Å². The maximum Gasteiger partial charge on any atom is 0.301 e.